The van der Waals surface area contributed by atoms with E-state index in [1.807, 2.05) is 19.9 Å². The molecule has 3 rings (SSSR count). The molecule has 188 valence electrons. The number of anilines is 5. The summed E-state index contributed by atoms with van der Waals surface area (Å²) < 4.78 is 25.6. The van der Waals surface area contributed by atoms with Gasteiger partial charge in [-0.2, -0.15) is 0 Å². The lowest BCUT2D eigenvalue weighted by molar-refractivity contribution is 0.0365. The molecule has 0 saturated carbocycles. The monoisotopic (exact) mass is 509 g/mol. The number of nitrogens with zero attached hydrogens (tertiary/aromatic N) is 4. The van der Waals surface area contributed by atoms with Gasteiger partial charge < -0.3 is 10.6 Å². The molecule has 1 aromatic carbocycles. The molecule has 2 aromatic heterocycles. The molecule has 0 aliphatic rings. The van der Waals surface area contributed by atoms with Gasteiger partial charge in [-0.3, -0.25) is 13.9 Å². The Morgan fingerprint density at radius 2 is 1.81 bits per heavy atom. The van der Waals surface area contributed by atoms with Crippen LogP contribution in [0.4, 0.5) is 28.8 Å². The molecule has 0 bridgehead atoms. The van der Waals surface area contributed by atoms with Crippen LogP contribution in [0.3, 0.4) is 0 Å². The first kappa shape index (κ1) is 26.4. The molecule has 3 N–H and O–H groups in total. The Kier molecular flexibility index (Phi) is 8.08. The maximum atomic E-state index is 12.8. The van der Waals surface area contributed by atoms with E-state index in [0.717, 1.165) is 21.9 Å². The van der Waals surface area contributed by atoms with Crippen molar-refractivity contribution in [2.45, 2.75) is 20.8 Å². The third-order valence-corrected chi connectivity index (χ3v) is 6.14. The van der Waals surface area contributed by atoms with Crippen LogP contribution in [-0.2, 0) is 14.9 Å². The molecule has 0 unspecified atom stereocenters. The van der Waals surface area contributed by atoms with Crippen LogP contribution in [0, 0.1) is 26.2 Å². The minimum Gasteiger partial charge on any atom is -0.353 e. The van der Waals surface area contributed by atoms with Crippen LogP contribution in [0.25, 0.3) is 0 Å². The average Bonchev–Trinajstić information content (AvgIpc) is 2.81. The summed E-state index contributed by atoms with van der Waals surface area (Å²) in [4.78, 5) is 30.8. The summed E-state index contributed by atoms with van der Waals surface area (Å²) in [5.41, 5.74) is 5.56. The minimum atomic E-state index is -3.61. The first-order valence-electron chi connectivity index (χ1n) is 10.8. The zero-order chi connectivity index (χ0) is 26.5. The summed E-state index contributed by atoms with van der Waals surface area (Å²) in [5.74, 6) is 2.65. The van der Waals surface area contributed by atoms with E-state index in [1.165, 1.54) is 13.2 Å². The van der Waals surface area contributed by atoms with Crippen LogP contribution in [0.5, 0.6) is 0 Å². The van der Waals surface area contributed by atoms with E-state index in [0.29, 0.717) is 34.4 Å². The zero-order valence-electron chi connectivity index (χ0n) is 20.6. The number of nitrogens with one attached hydrogen (secondary N) is 3. The molecule has 36 heavy (non-hydrogen) atoms. The molecule has 1 amide bonds. The van der Waals surface area contributed by atoms with Crippen LogP contribution in [0.1, 0.15) is 34.2 Å². The average molecular weight is 510 g/mol. The quantitative estimate of drug-likeness (QED) is 0.293. The normalized spacial score (nSPS) is 10.9. The molecule has 0 radical (unpaired) electrons. The maximum absolute atomic E-state index is 12.8. The fraction of sp³-hybridized carbons (Fsp3) is 0.250. The largest absolute Gasteiger partial charge is 0.353 e. The summed E-state index contributed by atoms with van der Waals surface area (Å²) in [5, 5.41) is 6.17. The second-order valence-corrected chi connectivity index (χ2v) is 9.82. The standard InChI is InChI=1S/C24H27N7O4S/c1-7-17-9-10-19(21(12-17)31(5)36(6,33)34)28-20-13-22(25-14-18(20)23(32)30-35-8-2)29-24-26-15(3)11-16(4)27-24/h1,9-14H,8H2,2-6H3,(H,30,32)(H2,25,26,27,28,29). The van der Waals surface area contributed by atoms with Gasteiger partial charge in [-0.25, -0.2) is 28.8 Å². The van der Waals surface area contributed by atoms with Gasteiger partial charge in [0.2, 0.25) is 16.0 Å². The third kappa shape index (κ3) is 6.47. The van der Waals surface area contributed by atoms with Gasteiger partial charge in [0.1, 0.15) is 5.82 Å². The summed E-state index contributed by atoms with van der Waals surface area (Å²) in [6, 6.07) is 8.28. The van der Waals surface area contributed by atoms with Crippen molar-refractivity contribution in [3.8, 4) is 12.3 Å². The van der Waals surface area contributed by atoms with E-state index < -0.39 is 15.9 Å². The van der Waals surface area contributed by atoms with Crippen molar-refractivity contribution in [1.82, 2.24) is 20.4 Å². The highest BCUT2D eigenvalue weighted by atomic mass is 32.2. The number of terminal acetylenes is 1. The Balaban J connectivity index is 2.08. The number of aryl methyl sites for hydroxylation is 2. The molecule has 0 saturated heterocycles. The summed E-state index contributed by atoms with van der Waals surface area (Å²) in [7, 11) is -2.19. The van der Waals surface area contributed by atoms with Gasteiger partial charge in [0.05, 0.1) is 35.5 Å². The van der Waals surface area contributed by atoms with E-state index >= 15 is 0 Å². The van der Waals surface area contributed by atoms with Crippen molar-refractivity contribution in [2.75, 3.05) is 34.8 Å². The van der Waals surface area contributed by atoms with Crippen molar-refractivity contribution >= 4 is 44.8 Å². The van der Waals surface area contributed by atoms with Gasteiger partial charge in [0, 0.05) is 36.3 Å². The number of rotatable bonds is 9. The molecule has 0 aliphatic heterocycles. The van der Waals surface area contributed by atoms with Crippen LogP contribution >= 0.6 is 0 Å². The van der Waals surface area contributed by atoms with E-state index in [4.69, 9.17) is 11.3 Å². The van der Waals surface area contributed by atoms with Crippen LogP contribution in [0.2, 0.25) is 0 Å². The van der Waals surface area contributed by atoms with Crippen LogP contribution in [0.15, 0.2) is 36.5 Å². The number of amides is 1. The van der Waals surface area contributed by atoms with Crippen molar-refractivity contribution in [2.24, 2.45) is 0 Å². The summed E-state index contributed by atoms with van der Waals surface area (Å²) >= 11 is 0. The highest BCUT2D eigenvalue weighted by Crippen LogP contribution is 2.33. The third-order valence-electron chi connectivity index (χ3n) is 4.95. The van der Waals surface area contributed by atoms with E-state index in [1.54, 1.807) is 31.2 Å². The number of hydrogen-bond acceptors (Lipinski definition) is 9. The molecule has 0 aliphatic carbocycles. The van der Waals surface area contributed by atoms with E-state index in [9.17, 15) is 13.2 Å². The fourth-order valence-corrected chi connectivity index (χ4v) is 3.72. The number of pyridine rings is 1. The molecular weight excluding hydrogens is 482 g/mol. The second kappa shape index (κ2) is 11.0. The SMILES string of the molecule is C#Cc1ccc(Nc2cc(Nc3nc(C)cc(C)n3)ncc2C(=O)NOCC)c(N(C)S(C)(=O)=O)c1. The van der Waals surface area contributed by atoms with Gasteiger partial charge in [0.25, 0.3) is 5.91 Å². The summed E-state index contributed by atoms with van der Waals surface area (Å²) in [6.45, 7) is 5.69. The predicted molar refractivity (Wildman–Crippen MR) is 139 cm³/mol. The Morgan fingerprint density at radius 1 is 1.11 bits per heavy atom. The zero-order valence-corrected chi connectivity index (χ0v) is 21.4. The maximum Gasteiger partial charge on any atom is 0.278 e. The van der Waals surface area contributed by atoms with Gasteiger partial charge in [-0.1, -0.05) is 5.92 Å². The number of hydroxylamine groups is 1. The Bertz CT molecular complexity index is 1410. The van der Waals surface area contributed by atoms with Crippen LogP contribution in [-0.4, -0.2) is 49.2 Å². The minimum absolute atomic E-state index is 0.157. The molecule has 0 fully saturated rings. The number of sulfonamides is 1. The Labute approximate surface area is 210 Å². The number of aromatic nitrogens is 3. The topological polar surface area (TPSA) is 138 Å². The second-order valence-electron chi connectivity index (χ2n) is 7.81. The first-order valence-corrected chi connectivity index (χ1v) is 12.7. The number of carbonyl (C=O) groups excluding carboxylic acids is 1. The van der Waals surface area contributed by atoms with Crippen LogP contribution < -0.4 is 20.4 Å². The van der Waals surface area contributed by atoms with Gasteiger partial charge in [0.15, 0.2) is 0 Å². The Hall–Kier alpha value is -4.21. The van der Waals surface area contributed by atoms with E-state index in [2.05, 4.69) is 37.0 Å². The van der Waals surface area contributed by atoms with Crippen molar-refractivity contribution in [1.29, 1.82) is 0 Å². The molecule has 0 spiro atoms. The molecular formula is C24H27N7O4S. The number of benzene rings is 1. The van der Waals surface area contributed by atoms with Crippen molar-refractivity contribution < 1.29 is 18.0 Å². The van der Waals surface area contributed by atoms with Gasteiger partial charge in [-0.05, 0) is 45.0 Å². The highest BCUT2D eigenvalue weighted by Gasteiger charge is 2.20. The predicted octanol–water partition coefficient (Wildman–Crippen LogP) is 3.03. The first-order chi connectivity index (χ1) is 17.0. The smallest absolute Gasteiger partial charge is 0.278 e. The lowest BCUT2D eigenvalue weighted by atomic mass is 10.1. The number of carbonyl (C=O) groups is 1. The number of hydrogen-bond donors (Lipinski definition) is 3. The lowest BCUT2D eigenvalue weighted by Gasteiger charge is -2.22. The lowest BCUT2D eigenvalue weighted by Crippen LogP contribution is -2.26. The molecule has 11 nitrogen and oxygen atoms in total. The molecule has 12 heteroatoms. The molecule has 0 atom stereocenters. The van der Waals surface area contributed by atoms with Crippen molar-refractivity contribution in [3.05, 3.63) is 59.0 Å². The Morgan fingerprint density at radius 3 is 2.42 bits per heavy atom. The van der Waals surface area contributed by atoms with Crippen molar-refractivity contribution in [3.63, 3.8) is 0 Å². The fourth-order valence-electron chi connectivity index (χ4n) is 3.21. The van der Waals surface area contributed by atoms with Gasteiger partial charge >= 0.3 is 0 Å². The molecule has 2 heterocycles. The van der Waals surface area contributed by atoms with E-state index in [-0.39, 0.29) is 12.2 Å². The summed E-state index contributed by atoms with van der Waals surface area (Å²) in [6.07, 6.45) is 7.96. The highest BCUT2D eigenvalue weighted by molar-refractivity contribution is 7.92. The molecule has 3 aromatic rings. The van der Waals surface area contributed by atoms with Gasteiger partial charge in [-0.15, -0.1) is 6.42 Å².